The lowest BCUT2D eigenvalue weighted by Crippen LogP contribution is -2.41. The molecular formula is C19H27N5O4. The van der Waals surface area contributed by atoms with Crippen LogP contribution in [0.15, 0.2) is 23.0 Å². The zero-order valence-corrected chi connectivity index (χ0v) is 16.4. The van der Waals surface area contributed by atoms with Crippen LogP contribution in [0.3, 0.4) is 0 Å². The minimum atomic E-state index is -0.409. The lowest BCUT2D eigenvalue weighted by molar-refractivity contribution is 0.0819. The van der Waals surface area contributed by atoms with Crippen LogP contribution < -0.4 is 20.5 Å². The van der Waals surface area contributed by atoms with Gasteiger partial charge in [0.05, 0.1) is 13.7 Å². The van der Waals surface area contributed by atoms with Crippen molar-refractivity contribution in [2.75, 3.05) is 20.2 Å². The number of nitrogens with zero attached hydrogens (tertiary/aromatic N) is 2. The smallest absolute Gasteiger partial charge is 0.340 e. The minimum absolute atomic E-state index is 0.0938. The Labute approximate surface area is 163 Å². The standard InChI is InChI=1S/C19H27N5O4/c1-12(2)24-8-6-14(7-9-24)28-16-10-13(4-5-15(16)27-3)18(25)20-11-17-21-19(26)23-22-17/h4-5,10,12,14H,6-9,11H2,1-3H3,(H,20,25)(H2,21,22,23,26). The maximum atomic E-state index is 12.4. The first-order valence-electron chi connectivity index (χ1n) is 9.46. The van der Waals surface area contributed by atoms with Crippen molar-refractivity contribution < 1.29 is 14.3 Å². The normalized spacial score (nSPS) is 15.6. The SMILES string of the molecule is COc1ccc(C(=O)NCc2n[nH]c(=O)[nH]2)cc1OC1CCN(C(C)C)CC1. The number of aromatic amines is 2. The third-order valence-electron chi connectivity index (χ3n) is 4.89. The fourth-order valence-electron chi connectivity index (χ4n) is 3.25. The number of aromatic nitrogens is 3. The van der Waals surface area contributed by atoms with Crippen molar-refractivity contribution in [2.45, 2.75) is 45.4 Å². The van der Waals surface area contributed by atoms with Crippen LogP contribution >= 0.6 is 0 Å². The number of H-pyrrole nitrogens is 2. The molecule has 0 saturated carbocycles. The molecule has 1 saturated heterocycles. The molecule has 1 aliphatic heterocycles. The molecule has 2 aromatic rings. The first-order valence-corrected chi connectivity index (χ1v) is 9.46. The minimum Gasteiger partial charge on any atom is -0.493 e. The zero-order valence-electron chi connectivity index (χ0n) is 16.4. The van der Waals surface area contributed by atoms with E-state index in [1.165, 1.54) is 0 Å². The average molecular weight is 389 g/mol. The van der Waals surface area contributed by atoms with Crippen LogP contribution in [0.1, 0.15) is 42.9 Å². The first-order chi connectivity index (χ1) is 13.5. The average Bonchev–Trinajstić information content (AvgIpc) is 3.11. The molecule has 152 valence electrons. The molecule has 0 atom stereocenters. The highest BCUT2D eigenvalue weighted by atomic mass is 16.5. The summed E-state index contributed by atoms with van der Waals surface area (Å²) in [4.78, 5) is 28.4. The first kappa shape index (κ1) is 19.9. The highest BCUT2D eigenvalue weighted by molar-refractivity contribution is 5.94. The third kappa shape index (κ3) is 4.92. The van der Waals surface area contributed by atoms with E-state index in [9.17, 15) is 9.59 Å². The fourth-order valence-corrected chi connectivity index (χ4v) is 3.25. The van der Waals surface area contributed by atoms with E-state index in [1.807, 2.05) is 0 Å². The van der Waals surface area contributed by atoms with Crippen LogP contribution in [-0.2, 0) is 6.54 Å². The van der Waals surface area contributed by atoms with Crippen LogP contribution in [0, 0.1) is 0 Å². The second-order valence-corrected chi connectivity index (χ2v) is 7.12. The van der Waals surface area contributed by atoms with Crippen molar-refractivity contribution in [2.24, 2.45) is 0 Å². The molecule has 3 rings (SSSR count). The molecule has 0 unspecified atom stereocenters. The Kier molecular flexibility index (Phi) is 6.35. The van der Waals surface area contributed by atoms with Gasteiger partial charge in [-0.3, -0.25) is 9.78 Å². The van der Waals surface area contributed by atoms with Gasteiger partial charge in [0.15, 0.2) is 11.5 Å². The molecule has 28 heavy (non-hydrogen) atoms. The summed E-state index contributed by atoms with van der Waals surface area (Å²) in [6.45, 7) is 6.50. The van der Waals surface area contributed by atoms with Gasteiger partial charge in [-0.05, 0) is 44.9 Å². The van der Waals surface area contributed by atoms with Crippen molar-refractivity contribution in [3.63, 3.8) is 0 Å². The lowest BCUT2D eigenvalue weighted by Gasteiger charge is -2.34. The number of hydrogen-bond acceptors (Lipinski definition) is 6. The molecule has 1 aromatic carbocycles. The number of carbonyl (C=O) groups excluding carboxylic acids is 1. The Balaban J connectivity index is 1.64. The molecule has 0 spiro atoms. The number of hydrogen-bond donors (Lipinski definition) is 3. The molecular weight excluding hydrogens is 362 g/mol. The number of rotatable bonds is 7. The third-order valence-corrected chi connectivity index (χ3v) is 4.89. The summed E-state index contributed by atoms with van der Waals surface area (Å²) < 4.78 is 11.6. The van der Waals surface area contributed by atoms with E-state index in [0.29, 0.717) is 28.9 Å². The van der Waals surface area contributed by atoms with Crippen molar-refractivity contribution in [1.29, 1.82) is 0 Å². The lowest BCUT2D eigenvalue weighted by atomic mass is 10.1. The number of piperidine rings is 1. The van der Waals surface area contributed by atoms with Crippen LogP contribution in [0.2, 0.25) is 0 Å². The number of carbonyl (C=O) groups is 1. The second kappa shape index (κ2) is 8.92. The molecule has 1 fully saturated rings. The monoisotopic (exact) mass is 389 g/mol. The number of methoxy groups -OCH3 is 1. The maximum Gasteiger partial charge on any atom is 0.340 e. The molecule has 9 heteroatoms. The van der Waals surface area contributed by atoms with E-state index >= 15 is 0 Å². The second-order valence-electron chi connectivity index (χ2n) is 7.12. The van der Waals surface area contributed by atoms with Gasteiger partial charge in [0.25, 0.3) is 5.91 Å². The predicted octanol–water partition coefficient (Wildman–Crippen LogP) is 1.29. The summed E-state index contributed by atoms with van der Waals surface area (Å²) in [6, 6.07) is 5.63. The zero-order chi connectivity index (χ0) is 20.1. The van der Waals surface area contributed by atoms with Gasteiger partial charge in [-0.2, -0.15) is 5.10 Å². The molecule has 0 aliphatic carbocycles. The Morgan fingerprint density at radius 1 is 1.32 bits per heavy atom. The van der Waals surface area contributed by atoms with E-state index in [-0.39, 0.29) is 18.6 Å². The van der Waals surface area contributed by atoms with Crippen LogP contribution in [0.5, 0.6) is 11.5 Å². The highest BCUT2D eigenvalue weighted by Crippen LogP contribution is 2.31. The number of nitrogens with one attached hydrogen (secondary N) is 3. The van der Waals surface area contributed by atoms with Crippen LogP contribution in [-0.4, -0.2) is 58.3 Å². The Hall–Kier alpha value is -2.81. The van der Waals surface area contributed by atoms with E-state index in [0.717, 1.165) is 25.9 Å². The molecule has 9 nitrogen and oxygen atoms in total. The molecule has 0 radical (unpaired) electrons. The topological polar surface area (TPSA) is 112 Å². The summed E-state index contributed by atoms with van der Waals surface area (Å²) >= 11 is 0. The van der Waals surface area contributed by atoms with Crippen molar-refractivity contribution in [1.82, 2.24) is 25.4 Å². The van der Waals surface area contributed by atoms with E-state index < -0.39 is 5.69 Å². The van der Waals surface area contributed by atoms with Gasteiger partial charge in [0.2, 0.25) is 0 Å². The molecule has 1 amide bonds. The number of likely N-dealkylation sites (tertiary alicyclic amines) is 1. The molecule has 1 aromatic heterocycles. The summed E-state index contributed by atoms with van der Waals surface area (Å²) in [6.07, 6.45) is 1.96. The summed E-state index contributed by atoms with van der Waals surface area (Å²) in [5, 5.41) is 8.75. The Morgan fingerprint density at radius 2 is 2.07 bits per heavy atom. The van der Waals surface area contributed by atoms with Gasteiger partial charge in [0.1, 0.15) is 11.9 Å². The quantitative estimate of drug-likeness (QED) is 0.658. The largest absolute Gasteiger partial charge is 0.493 e. The van der Waals surface area contributed by atoms with Gasteiger partial charge in [-0.25, -0.2) is 9.89 Å². The van der Waals surface area contributed by atoms with E-state index in [4.69, 9.17) is 9.47 Å². The van der Waals surface area contributed by atoms with Crippen molar-refractivity contribution >= 4 is 5.91 Å². The highest BCUT2D eigenvalue weighted by Gasteiger charge is 2.23. The van der Waals surface area contributed by atoms with Gasteiger partial charge in [-0.15, -0.1) is 0 Å². The summed E-state index contributed by atoms with van der Waals surface area (Å²) in [5.41, 5.74) is 0.0428. The van der Waals surface area contributed by atoms with Gasteiger partial charge < -0.3 is 19.7 Å². The fraction of sp³-hybridized carbons (Fsp3) is 0.526. The van der Waals surface area contributed by atoms with E-state index in [2.05, 4.69) is 39.2 Å². The molecule has 1 aliphatic rings. The van der Waals surface area contributed by atoms with E-state index in [1.54, 1.807) is 25.3 Å². The van der Waals surface area contributed by atoms with Crippen molar-refractivity contribution in [3.05, 3.63) is 40.1 Å². The van der Waals surface area contributed by atoms with Crippen LogP contribution in [0.25, 0.3) is 0 Å². The summed E-state index contributed by atoms with van der Waals surface area (Å²) in [7, 11) is 1.58. The van der Waals surface area contributed by atoms with Crippen LogP contribution in [0.4, 0.5) is 0 Å². The number of amides is 1. The maximum absolute atomic E-state index is 12.4. The van der Waals surface area contributed by atoms with Gasteiger partial charge in [-0.1, -0.05) is 0 Å². The van der Waals surface area contributed by atoms with Gasteiger partial charge >= 0.3 is 5.69 Å². The van der Waals surface area contributed by atoms with Crippen molar-refractivity contribution in [3.8, 4) is 11.5 Å². The molecule has 2 heterocycles. The molecule has 0 bridgehead atoms. The molecule has 3 N–H and O–H groups in total. The summed E-state index contributed by atoms with van der Waals surface area (Å²) in [5.74, 6) is 1.23. The Morgan fingerprint density at radius 3 is 2.68 bits per heavy atom. The predicted molar refractivity (Wildman–Crippen MR) is 104 cm³/mol. The number of ether oxygens (including phenoxy) is 2. The Bertz CT molecular complexity index is 852. The van der Waals surface area contributed by atoms with Gasteiger partial charge in [0, 0.05) is 24.7 Å². The number of benzene rings is 1.